The average molecular weight is 735 g/mol. The number of anilines is 3. The number of benzene rings is 8. The van der Waals surface area contributed by atoms with Crippen molar-refractivity contribution in [2.45, 2.75) is 0 Å². The molecule has 0 radical (unpaired) electrons. The number of nitrogens with zero attached hydrogens (tertiary/aromatic N) is 4. The van der Waals surface area contributed by atoms with Crippen LogP contribution in [0, 0.1) is 0 Å². The Kier molecular flexibility index (Phi) is 6.73. The molecule has 8 aromatic carbocycles. The molecule has 0 aliphatic carbocycles. The molecule has 0 fully saturated rings. The van der Waals surface area contributed by atoms with Gasteiger partial charge in [0.2, 0.25) is 5.95 Å². The molecule has 0 unspecified atom stereocenters. The second-order valence-electron chi connectivity index (χ2n) is 14.1. The van der Waals surface area contributed by atoms with Gasteiger partial charge in [0.05, 0.1) is 21.4 Å². The van der Waals surface area contributed by atoms with Crippen LogP contribution in [-0.4, -0.2) is 14.5 Å². The molecule has 12 rings (SSSR count). The van der Waals surface area contributed by atoms with Crippen molar-refractivity contribution in [3.63, 3.8) is 0 Å². The van der Waals surface area contributed by atoms with E-state index < -0.39 is 0 Å². The number of hydrogen-bond donors (Lipinski definition) is 0. The maximum absolute atomic E-state index is 7.08. The van der Waals surface area contributed by atoms with E-state index in [-0.39, 0.29) is 0 Å². The quantitative estimate of drug-likeness (QED) is 0.177. The molecule has 0 amide bonds. The van der Waals surface area contributed by atoms with Crippen LogP contribution in [0.5, 0.6) is 0 Å². The van der Waals surface area contributed by atoms with Crippen molar-refractivity contribution in [1.29, 1.82) is 0 Å². The molecule has 0 aliphatic heterocycles. The predicted octanol–water partition coefficient (Wildman–Crippen LogP) is 14.1. The van der Waals surface area contributed by atoms with E-state index in [2.05, 4.69) is 191 Å². The first-order valence-electron chi connectivity index (χ1n) is 18.8. The molecule has 4 heterocycles. The minimum atomic E-state index is 0.614. The molecule has 0 spiro atoms. The molecule has 0 N–H and O–H groups in total. The maximum atomic E-state index is 7.08. The zero-order chi connectivity index (χ0) is 36.7. The van der Waals surface area contributed by atoms with Crippen LogP contribution in [0.1, 0.15) is 0 Å². The lowest BCUT2D eigenvalue weighted by atomic mass is 9.98. The van der Waals surface area contributed by atoms with Gasteiger partial charge in [-0.25, -0.2) is 9.97 Å². The highest BCUT2D eigenvalue weighted by molar-refractivity contribution is 7.26. The summed E-state index contributed by atoms with van der Waals surface area (Å²) in [5.74, 6) is 0.614. The Morgan fingerprint density at radius 1 is 0.500 bits per heavy atom. The Balaban J connectivity index is 1.22. The summed E-state index contributed by atoms with van der Waals surface area (Å²) in [6, 6.07) is 63.9. The fraction of sp³-hybridized carbons (Fsp3) is 0. The molecule has 0 saturated heterocycles. The van der Waals surface area contributed by atoms with Gasteiger partial charge in [0, 0.05) is 54.3 Å². The van der Waals surface area contributed by atoms with Crippen LogP contribution in [0.2, 0.25) is 0 Å². The van der Waals surface area contributed by atoms with Crippen molar-refractivity contribution in [3.05, 3.63) is 182 Å². The van der Waals surface area contributed by atoms with E-state index in [4.69, 9.17) is 14.4 Å². The molecule has 12 aromatic rings. The van der Waals surface area contributed by atoms with Crippen molar-refractivity contribution < 1.29 is 4.42 Å². The highest BCUT2D eigenvalue weighted by Crippen LogP contribution is 2.47. The van der Waals surface area contributed by atoms with Gasteiger partial charge < -0.3 is 9.32 Å². The molecule has 0 atom stereocenters. The average Bonchev–Trinajstić information content (AvgIpc) is 3.95. The van der Waals surface area contributed by atoms with E-state index in [9.17, 15) is 0 Å². The zero-order valence-electron chi connectivity index (χ0n) is 29.9. The van der Waals surface area contributed by atoms with Crippen molar-refractivity contribution >= 4 is 103 Å². The summed E-state index contributed by atoms with van der Waals surface area (Å²) >= 11 is 1.75. The Hall–Kier alpha value is -7.28. The van der Waals surface area contributed by atoms with Gasteiger partial charge >= 0.3 is 0 Å². The van der Waals surface area contributed by atoms with E-state index in [0.29, 0.717) is 5.95 Å². The van der Waals surface area contributed by atoms with Crippen LogP contribution in [0.25, 0.3) is 92.0 Å². The lowest BCUT2D eigenvalue weighted by Crippen LogP contribution is -2.09. The SMILES string of the molecule is c1ccc(-c2nc(-n3c4ccccc4c4c5ccccc5c5c6cc(N(c7ccccc7)c7ccccc7)ccc6oc5c43)nc3c2sc2ccccc23)cc1. The Morgan fingerprint density at radius 2 is 1.11 bits per heavy atom. The van der Waals surface area contributed by atoms with Crippen molar-refractivity contribution in [2.75, 3.05) is 4.90 Å². The second kappa shape index (κ2) is 12.1. The number of hydrogen-bond acceptors (Lipinski definition) is 5. The van der Waals surface area contributed by atoms with Crippen molar-refractivity contribution in [1.82, 2.24) is 14.5 Å². The van der Waals surface area contributed by atoms with Gasteiger partial charge in [-0.3, -0.25) is 4.57 Å². The molecule has 56 heavy (non-hydrogen) atoms. The number of rotatable bonds is 5. The summed E-state index contributed by atoms with van der Waals surface area (Å²) in [5, 5.41) is 7.80. The fourth-order valence-electron chi connectivity index (χ4n) is 8.59. The van der Waals surface area contributed by atoms with Crippen LogP contribution < -0.4 is 4.90 Å². The topological polar surface area (TPSA) is 47.1 Å². The summed E-state index contributed by atoms with van der Waals surface area (Å²) in [4.78, 5) is 13.2. The molecular formula is C50H30N4OS. The normalized spacial score (nSPS) is 11.9. The maximum Gasteiger partial charge on any atom is 0.236 e. The van der Waals surface area contributed by atoms with Gasteiger partial charge in [-0.05, 0) is 65.4 Å². The van der Waals surface area contributed by atoms with E-state index in [1.165, 1.54) is 4.70 Å². The standard InChI is InChI=1S/C50H30N4OS/c1-4-16-31(17-5-1)45-49-46(38-25-13-15-27-42(38)56-49)52-50(51-45)54-40-26-14-12-24-37(40)43-35-22-10-11-23-36(35)44-39-30-34(28-29-41(39)55-48(44)47(43)54)53(32-18-6-2-7-19-32)33-20-8-3-9-21-33/h1-30H. The smallest absolute Gasteiger partial charge is 0.236 e. The fourth-order valence-corrected chi connectivity index (χ4v) is 9.74. The molecule has 0 saturated carbocycles. The van der Waals surface area contributed by atoms with Crippen LogP contribution in [0.3, 0.4) is 0 Å². The predicted molar refractivity (Wildman–Crippen MR) is 234 cm³/mol. The van der Waals surface area contributed by atoms with Gasteiger partial charge in [0.1, 0.15) is 11.1 Å². The van der Waals surface area contributed by atoms with E-state index in [1.54, 1.807) is 11.3 Å². The van der Waals surface area contributed by atoms with Crippen molar-refractivity contribution in [3.8, 4) is 17.2 Å². The molecule has 0 aliphatic rings. The van der Waals surface area contributed by atoms with Crippen LogP contribution >= 0.6 is 11.3 Å². The third-order valence-electron chi connectivity index (χ3n) is 11.0. The summed E-state index contributed by atoms with van der Waals surface area (Å²) in [6.07, 6.45) is 0. The van der Waals surface area contributed by atoms with Crippen molar-refractivity contribution in [2.24, 2.45) is 0 Å². The van der Waals surface area contributed by atoms with E-state index in [0.717, 1.165) is 98.4 Å². The minimum Gasteiger partial charge on any atom is -0.454 e. The number of furan rings is 1. The van der Waals surface area contributed by atoms with Crippen LogP contribution in [-0.2, 0) is 0 Å². The first kappa shape index (κ1) is 31.1. The van der Waals surface area contributed by atoms with Gasteiger partial charge in [0.15, 0.2) is 5.58 Å². The van der Waals surface area contributed by atoms with Gasteiger partial charge in [-0.1, -0.05) is 127 Å². The molecule has 6 heteroatoms. The lowest BCUT2D eigenvalue weighted by Gasteiger charge is -2.25. The van der Waals surface area contributed by atoms with E-state index >= 15 is 0 Å². The Bertz CT molecular complexity index is 3440. The van der Waals surface area contributed by atoms with E-state index in [1.807, 2.05) is 0 Å². The van der Waals surface area contributed by atoms with Gasteiger partial charge in [0.25, 0.3) is 0 Å². The zero-order valence-corrected chi connectivity index (χ0v) is 30.7. The van der Waals surface area contributed by atoms with Gasteiger partial charge in [-0.15, -0.1) is 11.3 Å². The summed E-state index contributed by atoms with van der Waals surface area (Å²) in [6.45, 7) is 0. The molecule has 4 aromatic heterocycles. The largest absolute Gasteiger partial charge is 0.454 e. The first-order chi connectivity index (χ1) is 27.8. The summed E-state index contributed by atoms with van der Waals surface area (Å²) in [7, 11) is 0. The molecule has 262 valence electrons. The monoisotopic (exact) mass is 734 g/mol. The highest BCUT2D eigenvalue weighted by atomic mass is 32.1. The Labute approximate surface area is 324 Å². The first-order valence-corrected chi connectivity index (χ1v) is 19.6. The third kappa shape index (κ3) is 4.54. The summed E-state index contributed by atoms with van der Waals surface area (Å²) < 4.78 is 11.6. The number of thiophene rings is 1. The third-order valence-corrected chi connectivity index (χ3v) is 12.1. The minimum absolute atomic E-state index is 0.614. The van der Waals surface area contributed by atoms with Crippen LogP contribution in [0.15, 0.2) is 186 Å². The summed E-state index contributed by atoms with van der Waals surface area (Å²) in [5.41, 5.74) is 9.77. The number of aromatic nitrogens is 3. The molecule has 5 nitrogen and oxygen atoms in total. The second-order valence-corrected chi connectivity index (χ2v) is 15.2. The van der Waals surface area contributed by atoms with Crippen LogP contribution in [0.4, 0.5) is 17.1 Å². The Morgan fingerprint density at radius 3 is 1.84 bits per heavy atom. The van der Waals surface area contributed by atoms with Gasteiger partial charge in [-0.2, -0.15) is 0 Å². The highest BCUT2D eigenvalue weighted by Gasteiger charge is 2.26. The lowest BCUT2D eigenvalue weighted by molar-refractivity contribution is 0.671. The molecule has 0 bridgehead atoms. The number of fused-ring (bicyclic) bond motifs is 13. The number of para-hydroxylation sites is 3. The molecular weight excluding hydrogens is 705 g/mol.